The third-order valence-corrected chi connectivity index (χ3v) is 2.02. The van der Waals surface area contributed by atoms with E-state index >= 15 is 0 Å². The molecule has 1 aromatic heterocycles. The summed E-state index contributed by atoms with van der Waals surface area (Å²) >= 11 is 0. The predicted molar refractivity (Wildman–Crippen MR) is 59.6 cm³/mol. The van der Waals surface area contributed by atoms with Gasteiger partial charge in [0, 0.05) is 6.20 Å². The van der Waals surface area contributed by atoms with E-state index in [4.69, 9.17) is 0 Å². The lowest BCUT2D eigenvalue weighted by Gasteiger charge is -1.93. The molecule has 2 aromatic rings. The molecule has 0 radical (unpaired) electrons. The molecule has 0 bridgehead atoms. The molecule has 0 N–H and O–H groups in total. The standard InChI is InChI=1S/C13H10FN/c14-13-9-8-12(10-15-13)7-6-11-4-2-1-3-5-11/h1-10H. The van der Waals surface area contributed by atoms with Crippen LogP contribution in [0, 0.1) is 5.95 Å². The maximum Gasteiger partial charge on any atom is 0.212 e. The molecule has 0 spiro atoms. The molecule has 0 aliphatic heterocycles. The number of pyridine rings is 1. The molecule has 0 amide bonds. The Hall–Kier alpha value is -1.96. The number of hydrogen-bond donors (Lipinski definition) is 0. The summed E-state index contributed by atoms with van der Waals surface area (Å²) in [6, 6.07) is 13.0. The van der Waals surface area contributed by atoms with Gasteiger partial charge in [0.2, 0.25) is 5.95 Å². The van der Waals surface area contributed by atoms with Crippen molar-refractivity contribution < 1.29 is 4.39 Å². The average Bonchev–Trinajstić information content (AvgIpc) is 2.30. The summed E-state index contributed by atoms with van der Waals surface area (Å²) in [5.74, 6) is -0.452. The van der Waals surface area contributed by atoms with Gasteiger partial charge in [0.05, 0.1) is 0 Å². The van der Waals surface area contributed by atoms with Gasteiger partial charge in [0.15, 0.2) is 0 Å². The van der Waals surface area contributed by atoms with E-state index in [-0.39, 0.29) is 0 Å². The lowest BCUT2D eigenvalue weighted by Crippen LogP contribution is -1.80. The minimum absolute atomic E-state index is 0.452. The number of benzene rings is 1. The molecule has 0 atom stereocenters. The van der Waals surface area contributed by atoms with Crippen LogP contribution < -0.4 is 0 Å². The lowest BCUT2D eigenvalue weighted by molar-refractivity contribution is 0.583. The number of hydrogen-bond acceptors (Lipinski definition) is 1. The lowest BCUT2D eigenvalue weighted by atomic mass is 10.2. The van der Waals surface area contributed by atoms with Crippen LogP contribution in [0.3, 0.4) is 0 Å². The van der Waals surface area contributed by atoms with Crippen molar-refractivity contribution in [3.05, 3.63) is 65.7 Å². The summed E-state index contributed by atoms with van der Waals surface area (Å²) in [6.07, 6.45) is 5.38. The Morgan fingerprint density at radius 1 is 0.867 bits per heavy atom. The van der Waals surface area contributed by atoms with Gasteiger partial charge >= 0.3 is 0 Å². The third kappa shape index (κ3) is 2.74. The quantitative estimate of drug-likeness (QED) is 0.675. The van der Waals surface area contributed by atoms with E-state index in [9.17, 15) is 4.39 Å². The Morgan fingerprint density at radius 3 is 2.27 bits per heavy atom. The molecule has 2 heteroatoms. The Balaban J connectivity index is 2.15. The van der Waals surface area contributed by atoms with E-state index in [1.807, 2.05) is 42.5 Å². The van der Waals surface area contributed by atoms with E-state index in [0.717, 1.165) is 11.1 Å². The highest BCUT2D eigenvalue weighted by atomic mass is 19.1. The topological polar surface area (TPSA) is 12.9 Å². The Bertz CT molecular complexity index is 446. The number of nitrogens with zero attached hydrogens (tertiary/aromatic N) is 1. The first-order valence-corrected chi connectivity index (χ1v) is 4.69. The van der Waals surface area contributed by atoms with E-state index in [1.165, 1.54) is 12.3 Å². The largest absolute Gasteiger partial charge is 0.228 e. The van der Waals surface area contributed by atoms with Crippen LogP contribution in [0.25, 0.3) is 12.2 Å². The summed E-state index contributed by atoms with van der Waals surface area (Å²) in [7, 11) is 0. The van der Waals surface area contributed by atoms with Crippen molar-refractivity contribution in [3.63, 3.8) is 0 Å². The van der Waals surface area contributed by atoms with E-state index in [0.29, 0.717) is 0 Å². The third-order valence-electron chi connectivity index (χ3n) is 2.02. The number of halogens is 1. The van der Waals surface area contributed by atoms with Gasteiger partial charge in [-0.3, -0.25) is 0 Å². The van der Waals surface area contributed by atoms with Crippen molar-refractivity contribution >= 4 is 12.2 Å². The molecular weight excluding hydrogens is 189 g/mol. The Morgan fingerprint density at radius 2 is 1.60 bits per heavy atom. The van der Waals surface area contributed by atoms with Crippen LogP contribution in [-0.2, 0) is 0 Å². The van der Waals surface area contributed by atoms with Crippen molar-refractivity contribution in [1.82, 2.24) is 4.98 Å². The van der Waals surface area contributed by atoms with Crippen LogP contribution in [0.2, 0.25) is 0 Å². The van der Waals surface area contributed by atoms with Gasteiger partial charge in [-0.1, -0.05) is 42.5 Å². The second kappa shape index (κ2) is 4.51. The molecule has 0 aliphatic carbocycles. The predicted octanol–water partition coefficient (Wildman–Crippen LogP) is 3.39. The molecule has 1 aromatic carbocycles. The summed E-state index contributed by atoms with van der Waals surface area (Å²) in [5.41, 5.74) is 2.00. The second-order valence-electron chi connectivity index (χ2n) is 3.16. The molecule has 74 valence electrons. The normalized spacial score (nSPS) is 10.7. The smallest absolute Gasteiger partial charge is 0.212 e. The number of rotatable bonds is 2. The van der Waals surface area contributed by atoms with Crippen molar-refractivity contribution in [2.45, 2.75) is 0 Å². The molecule has 1 heterocycles. The number of aromatic nitrogens is 1. The molecule has 2 rings (SSSR count). The minimum Gasteiger partial charge on any atom is -0.228 e. The van der Waals surface area contributed by atoms with Crippen molar-refractivity contribution in [2.75, 3.05) is 0 Å². The average molecular weight is 199 g/mol. The maximum absolute atomic E-state index is 12.5. The van der Waals surface area contributed by atoms with E-state index < -0.39 is 5.95 Å². The molecule has 0 saturated heterocycles. The van der Waals surface area contributed by atoms with Crippen LogP contribution in [0.15, 0.2) is 48.7 Å². The maximum atomic E-state index is 12.5. The Kier molecular flexibility index (Phi) is 2.88. The highest BCUT2D eigenvalue weighted by Crippen LogP contribution is 2.07. The second-order valence-corrected chi connectivity index (χ2v) is 3.16. The van der Waals surface area contributed by atoms with Crippen LogP contribution >= 0.6 is 0 Å². The summed E-state index contributed by atoms with van der Waals surface area (Å²) in [5, 5.41) is 0. The van der Waals surface area contributed by atoms with Gasteiger partial charge in [-0.25, -0.2) is 4.98 Å². The Labute approximate surface area is 87.9 Å². The first kappa shape index (κ1) is 9.59. The molecule has 0 saturated carbocycles. The van der Waals surface area contributed by atoms with Gasteiger partial charge in [0.25, 0.3) is 0 Å². The SMILES string of the molecule is Fc1ccc(C=Cc2ccccc2)cn1. The van der Waals surface area contributed by atoms with Crippen LogP contribution in [0.1, 0.15) is 11.1 Å². The molecule has 1 nitrogen and oxygen atoms in total. The minimum atomic E-state index is -0.452. The molecule has 0 unspecified atom stereocenters. The van der Waals surface area contributed by atoms with Gasteiger partial charge < -0.3 is 0 Å². The fourth-order valence-electron chi connectivity index (χ4n) is 1.24. The first-order valence-electron chi connectivity index (χ1n) is 4.69. The van der Waals surface area contributed by atoms with E-state index in [1.54, 1.807) is 6.07 Å². The highest BCUT2D eigenvalue weighted by Gasteiger charge is 1.90. The fourth-order valence-corrected chi connectivity index (χ4v) is 1.24. The van der Waals surface area contributed by atoms with Gasteiger partial charge in [-0.15, -0.1) is 0 Å². The summed E-state index contributed by atoms with van der Waals surface area (Å²) in [4.78, 5) is 3.57. The van der Waals surface area contributed by atoms with Crippen LogP contribution in [0.5, 0.6) is 0 Å². The zero-order chi connectivity index (χ0) is 10.5. The molecular formula is C13H10FN. The van der Waals surface area contributed by atoms with Gasteiger partial charge in [-0.05, 0) is 23.3 Å². The summed E-state index contributed by atoms with van der Waals surface area (Å²) < 4.78 is 12.5. The monoisotopic (exact) mass is 199 g/mol. The van der Waals surface area contributed by atoms with Crippen molar-refractivity contribution in [3.8, 4) is 0 Å². The zero-order valence-corrected chi connectivity index (χ0v) is 8.10. The van der Waals surface area contributed by atoms with Crippen molar-refractivity contribution in [1.29, 1.82) is 0 Å². The van der Waals surface area contributed by atoms with Gasteiger partial charge in [0.1, 0.15) is 0 Å². The fraction of sp³-hybridized carbons (Fsp3) is 0. The molecule has 15 heavy (non-hydrogen) atoms. The zero-order valence-electron chi connectivity index (χ0n) is 8.10. The molecule has 0 aliphatic rings. The van der Waals surface area contributed by atoms with E-state index in [2.05, 4.69) is 4.98 Å². The first-order chi connectivity index (χ1) is 7.34. The van der Waals surface area contributed by atoms with Crippen LogP contribution in [0.4, 0.5) is 4.39 Å². The van der Waals surface area contributed by atoms with Crippen molar-refractivity contribution in [2.24, 2.45) is 0 Å². The highest BCUT2D eigenvalue weighted by molar-refractivity contribution is 5.68. The molecule has 0 fully saturated rings. The van der Waals surface area contributed by atoms with Crippen LogP contribution in [-0.4, -0.2) is 4.98 Å². The summed E-state index contributed by atoms with van der Waals surface area (Å²) in [6.45, 7) is 0. The van der Waals surface area contributed by atoms with Gasteiger partial charge in [-0.2, -0.15) is 4.39 Å².